The number of hydrogen-bond acceptors (Lipinski definition) is 2. The van der Waals surface area contributed by atoms with Gasteiger partial charge in [0.15, 0.2) is 0 Å². The molecule has 1 N–H and O–H groups in total. The molecule has 1 amide bonds. The molecule has 2 aliphatic carbocycles. The highest BCUT2D eigenvalue weighted by atomic mass is 35.5. The van der Waals surface area contributed by atoms with Crippen LogP contribution in [0.5, 0.6) is 0 Å². The Kier molecular flexibility index (Phi) is 3.05. The minimum Gasteiger partial charge on any atom is -0.321 e. The summed E-state index contributed by atoms with van der Waals surface area (Å²) in [6.07, 6.45) is 4.62. The van der Waals surface area contributed by atoms with Crippen LogP contribution in [-0.4, -0.2) is 22.9 Å². The third-order valence-electron chi connectivity index (χ3n) is 5.24. The second-order valence-corrected chi connectivity index (χ2v) is 7.39. The van der Waals surface area contributed by atoms with Crippen LogP contribution >= 0.6 is 11.6 Å². The molecule has 3 nitrogen and oxygen atoms in total. The molecule has 4 rings (SSSR count). The van der Waals surface area contributed by atoms with Gasteiger partial charge in [-0.1, -0.05) is 30.7 Å². The minimum absolute atomic E-state index is 0.0125. The number of benzene rings is 1. The molecular weight excluding hydrogens is 284 g/mol. The molecule has 1 spiro atoms. The fraction of sp³-hybridized carbons (Fsp3) is 0.588. The maximum absolute atomic E-state index is 12.8. The van der Waals surface area contributed by atoms with Crippen LogP contribution in [0.15, 0.2) is 24.3 Å². The molecule has 1 aromatic rings. The van der Waals surface area contributed by atoms with E-state index in [1.807, 2.05) is 24.3 Å². The molecule has 2 unspecified atom stereocenters. The van der Waals surface area contributed by atoms with Crippen molar-refractivity contribution in [2.45, 2.75) is 44.3 Å². The molecule has 3 aliphatic rings. The van der Waals surface area contributed by atoms with Crippen LogP contribution in [-0.2, 0) is 4.79 Å². The van der Waals surface area contributed by atoms with Crippen molar-refractivity contribution < 1.29 is 4.79 Å². The average molecular weight is 305 g/mol. The van der Waals surface area contributed by atoms with Gasteiger partial charge < -0.3 is 4.90 Å². The summed E-state index contributed by atoms with van der Waals surface area (Å²) in [6, 6.07) is 7.87. The molecule has 0 radical (unpaired) electrons. The summed E-state index contributed by atoms with van der Waals surface area (Å²) in [7, 11) is 0. The van der Waals surface area contributed by atoms with E-state index < -0.39 is 0 Å². The van der Waals surface area contributed by atoms with Gasteiger partial charge in [-0.2, -0.15) is 0 Å². The Bertz CT molecular complexity index is 563. The molecule has 1 aliphatic heterocycles. The Labute approximate surface area is 130 Å². The molecule has 2 saturated carbocycles. The van der Waals surface area contributed by atoms with Crippen molar-refractivity contribution in [3.8, 4) is 0 Å². The Balaban J connectivity index is 1.60. The highest BCUT2D eigenvalue weighted by Gasteiger charge is 2.59. The second-order valence-electron chi connectivity index (χ2n) is 6.95. The maximum atomic E-state index is 12.8. The zero-order valence-corrected chi connectivity index (χ0v) is 13.1. The van der Waals surface area contributed by atoms with Crippen molar-refractivity contribution in [3.63, 3.8) is 0 Å². The Morgan fingerprint density at radius 3 is 2.57 bits per heavy atom. The smallest absolute Gasteiger partial charge is 0.244 e. The first kappa shape index (κ1) is 13.6. The van der Waals surface area contributed by atoms with Crippen LogP contribution in [0.3, 0.4) is 0 Å². The lowest BCUT2D eigenvalue weighted by Crippen LogP contribution is -2.35. The van der Waals surface area contributed by atoms with Crippen molar-refractivity contribution >= 4 is 17.5 Å². The first-order valence-electron chi connectivity index (χ1n) is 7.93. The number of carbonyl (C=O) groups excluding carboxylic acids is 1. The van der Waals surface area contributed by atoms with Gasteiger partial charge in [0.2, 0.25) is 5.91 Å². The third-order valence-corrected chi connectivity index (χ3v) is 5.49. The van der Waals surface area contributed by atoms with E-state index in [1.165, 1.54) is 12.8 Å². The first-order chi connectivity index (χ1) is 10.1. The molecule has 1 aromatic carbocycles. The summed E-state index contributed by atoms with van der Waals surface area (Å²) in [5.74, 6) is 1.72. The van der Waals surface area contributed by atoms with Crippen molar-refractivity contribution in [1.29, 1.82) is 0 Å². The van der Waals surface area contributed by atoms with E-state index in [0.717, 1.165) is 35.9 Å². The topological polar surface area (TPSA) is 32.3 Å². The van der Waals surface area contributed by atoms with Gasteiger partial charge in [0, 0.05) is 11.6 Å². The number of amides is 1. The number of hydrogen-bond donors (Lipinski definition) is 1. The Morgan fingerprint density at radius 2 is 2.00 bits per heavy atom. The second kappa shape index (κ2) is 4.72. The summed E-state index contributed by atoms with van der Waals surface area (Å²) in [4.78, 5) is 14.8. The van der Waals surface area contributed by atoms with E-state index in [2.05, 4.69) is 17.1 Å². The molecular formula is C17H21ClN2O. The molecule has 1 saturated heterocycles. The highest BCUT2D eigenvalue weighted by Crippen LogP contribution is 2.47. The Hall–Kier alpha value is -1.06. The highest BCUT2D eigenvalue weighted by molar-refractivity contribution is 6.30. The molecule has 4 heteroatoms. The normalized spacial score (nSPS) is 28.2. The van der Waals surface area contributed by atoms with Crippen LogP contribution in [0.1, 0.15) is 44.3 Å². The lowest BCUT2D eigenvalue weighted by atomic mass is 10.0. The number of halogens is 1. The third kappa shape index (κ3) is 2.36. The van der Waals surface area contributed by atoms with E-state index >= 15 is 0 Å². The van der Waals surface area contributed by atoms with Gasteiger partial charge in [0.05, 0.1) is 0 Å². The zero-order chi connectivity index (χ0) is 14.6. The van der Waals surface area contributed by atoms with E-state index in [0.29, 0.717) is 11.8 Å². The molecule has 0 bridgehead atoms. The number of rotatable bonds is 4. The van der Waals surface area contributed by atoms with Gasteiger partial charge in [0.1, 0.15) is 11.7 Å². The van der Waals surface area contributed by atoms with Gasteiger partial charge in [-0.05, 0) is 55.2 Å². The summed E-state index contributed by atoms with van der Waals surface area (Å²) >= 11 is 5.98. The fourth-order valence-electron chi connectivity index (χ4n) is 3.50. The zero-order valence-electron chi connectivity index (χ0n) is 12.3. The van der Waals surface area contributed by atoms with Gasteiger partial charge in [-0.3, -0.25) is 10.1 Å². The molecule has 21 heavy (non-hydrogen) atoms. The van der Waals surface area contributed by atoms with Crippen LogP contribution in [0.4, 0.5) is 0 Å². The van der Waals surface area contributed by atoms with Crippen molar-refractivity contribution in [2.24, 2.45) is 11.8 Å². The maximum Gasteiger partial charge on any atom is 0.244 e. The number of nitrogens with zero attached hydrogens (tertiary/aromatic N) is 1. The van der Waals surface area contributed by atoms with Crippen LogP contribution in [0.25, 0.3) is 0 Å². The van der Waals surface area contributed by atoms with E-state index in [-0.39, 0.29) is 11.7 Å². The lowest BCUT2D eigenvalue weighted by molar-refractivity contribution is -0.131. The van der Waals surface area contributed by atoms with Gasteiger partial charge in [-0.25, -0.2) is 0 Å². The molecule has 2 atom stereocenters. The van der Waals surface area contributed by atoms with E-state index in [9.17, 15) is 4.79 Å². The lowest BCUT2D eigenvalue weighted by Gasteiger charge is -2.27. The van der Waals surface area contributed by atoms with E-state index in [4.69, 9.17) is 11.6 Å². The van der Waals surface area contributed by atoms with E-state index in [1.54, 1.807) is 0 Å². The predicted molar refractivity (Wildman–Crippen MR) is 82.9 cm³/mol. The van der Waals surface area contributed by atoms with Crippen molar-refractivity contribution in [3.05, 3.63) is 34.9 Å². The molecule has 0 aromatic heterocycles. The van der Waals surface area contributed by atoms with Crippen molar-refractivity contribution in [1.82, 2.24) is 10.2 Å². The number of nitrogens with one attached hydrogen (secondary N) is 1. The monoisotopic (exact) mass is 304 g/mol. The van der Waals surface area contributed by atoms with Gasteiger partial charge >= 0.3 is 0 Å². The Morgan fingerprint density at radius 1 is 1.33 bits per heavy atom. The first-order valence-corrected chi connectivity index (χ1v) is 8.31. The SMILES string of the molecule is CC(CN1C(=O)C2(CC2)NC1c1ccc(Cl)cc1)C1CC1. The van der Waals surface area contributed by atoms with Crippen molar-refractivity contribution in [2.75, 3.05) is 6.54 Å². The summed E-state index contributed by atoms with van der Waals surface area (Å²) in [5.41, 5.74) is 0.882. The fourth-order valence-corrected chi connectivity index (χ4v) is 3.62. The molecule has 3 fully saturated rings. The summed E-state index contributed by atoms with van der Waals surface area (Å²) in [5, 5.41) is 4.31. The average Bonchev–Trinajstić information content (AvgIpc) is 3.36. The molecule has 112 valence electrons. The summed E-state index contributed by atoms with van der Waals surface area (Å²) < 4.78 is 0. The predicted octanol–water partition coefficient (Wildman–Crippen LogP) is 3.35. The van der Waals surface area contributed by atoms with Gasteiger partial charge in [0.25, 0.3) is 0 Å². The minimum atomic E-state index is -0.256. The summed E-state index contributed by atoms with van der Waals surface area (Å²) in [6.45, 7) is 3.15. The van der Waals surface area contributed by atoms with Crippen LogP contribution < -0.4 is 5.32 Å². The standard InChI is InChI=1S/C17H21ClN2O/c1-11(12-2-3-12)10-20-15(13-4-6-14(18)7-5-13)19-17(8-9-17)16(20)21/h4-7,11-12,15,19H,2-3,8-10H2,1H3. The van der Waals surface area contributed by atoms with Crippen LogP contribution in [0.2, 0.25) is 5.02 Å². The number of carbonyl (C=O) groups is 1. The molecule has 1 heterocycles. The van der Waals surface area contributed by atoms with Crippen LogP contribution in [0, 0.1) is 11.8 Å². The quantitative estimate of drug-likeness (QED) is 0.925. The van der Waals surface area contributed by atoms with Gasteiger partial charge in [-0.15, -0.1) is 0 Å². The largest absolute Gasteiger partial charge is 0.321 e.